The molecule has 0 radical (unpaired) electrons. The number of aromatic nitrogens is 2. The molecule has 1 aromatic carbocycles. The number of halogens is 4. The first-order chi connectivity index (χ1) is 17.1. The maximum absolute atomic E-state index is 13.5. The summed E-state index contributed by atoms with van der Waals surface area (Å²) < 4.78 is 65.0. The molecule has 4 rings (SSSR count). The Hall–Kier alpha value is -3.23. The number of ether oxygens (including phenoxy) is 2. The lowest BCUT2D eigenvalue weighted by molar-refractivity contribution is -0.138. The van der Waals surface area contributed by atoms with Crippen molar-refractivity contribution in [1.29, 1.82) is 0 Å². The standard InChI is InChI=1S/C25H26F4N4O3/c1-4-18(16-6-5-7-17(14(16)2)25(27,28)29)32-22-21(23-35-10-11-36-23)19(30-15(3)31-22)12-20(34)33-24(13-26)8-9-24/h1,5-7,18,23H,8-13H2,2-3H3,(H,33,34)(H,30,31,32). The van der Waals surface area contributed by atoms with E-state index in [4.69, 9.17) is 15.9 Å². The highest BCUT2D eigenvalue weighted by Gasteiger charge is 2.44. The summed E-state index contributed by atoms with van der Waals surface area (Å²) in [5.41, 5.74) is -0.759. The van der Waals surface area contributed by atoms with E-state index in [-0.39, 0.29) is 23.4 Å². The van der Waals surface area contributed by atoms with Crippen molar-refractivity contribution in [3.05, 3.63) is 52.0 Å². The normalized spacial score (nSPS) is 17.9. The zero-order valence-corrected chi connectivity index (χ0v) is 19.8. The van der Waals surface area contributed by atoms with Gasteiger partial charge < -0.3 is 20.1 Å². The van der Waals surface area contributed by atoms with Gasteiger partial charge in [-0.2, -0.15) is 13.2 Å². The van der Waals surface area contributed by atoms with Crippen molar-refractivity contribution in [2.75, 3.05) is 25.2 Å². The Morgan fingerprint density at radius 3 is 2.53 bits per heavy atom. The van der Waals surface area contributed by atoms with Gasteiger partial charge in [-0.15, -0.1) is 6.42 Å². The smallest absolute Gasteiger partial charge is 0.352 e. The highest BCUT2D eigenvalue weighted by molar-refractivity contribution is 5.80. The summed E-state index contributed by atoms with van der Waals surface area (Å²) in [6.45, 7) is 2.89. The van der Waals surface area contributed by atoms with Gasteiger partial charge in [-0.3, -0.25) is 4.79 Å². The first kappa shape index (κ1) is 25.9. The van der Waals surface area contributed by atoms with Gasteiger partial charge in [0, 0.05) is 0 Å². The second kappa shape index (κ2) is 10.0. The lowest BCUT2D eigenvalue weighted by Gasteiger charge is -2.24. The maximum Gasteiger partial charge on any atom is 0.416 e. The van der Waals surface area contributed by atoms with Crippen LogP contribution in [0.2, 0.25) is 0 Å². The van der Waals surface area contributed by atoms with Crippen molar-refractivity contribution in [3.8, 4) is 12.3 Å². The summed E-state index contributed by atoms with van der Waals surface area (Å²) in [5, 5.41) is 5.74. The molecule has 11 heteroatoms. The summed E-state index contributed by atoms with van der Waals surface area (Å²) in [7, 11) is 0. The Balaban J connectivity index is 1.70. The van der Waals surface area contributed by atoms with E-state index in [0.717, 1.165) is 6.07 Å². The molecular weight excluding hydrogens is 480 g/mol. The number of hydrogen-bond acceptors (Lipinski definition) is 6. The summed E-state index contributed by atoms with van der Waals surface area (Å²) in [4.78, 5) is 21.5. The topological polar surface area (TPSA) is 85.4 Å². The largest absolute Gasteiger partial charge is 0.416 e. The number of aryl methyl sites for hydroxylation is 1. The molecule has 2 aliphatic rings. The van der Waals surface area contributed by atoms with Gasteiger partial charge in [-0.05, 0) is 43.9 Å². The van der Waals surface area contributed by atoms with Crippen LogP contribution in [0.1, 0.15) is 58.9 Å². The molecule has 7 nitrogen and oxygen atoms in total. The van der Waals surface area contributed by atoms with Crippen LogP contribution in [-0.2, 0) is 26.9 Å². The van der Waals surface area contributed by atoms with Crippen molar-refractivity contribution in [2.45, 2.75) is 57.2 Å². The van der Waals surface area contributed by atoms with Crippen LogP contribution < -0.4 is 10.6 Å². The van der Waals surface area contributed by atoms with E-state index in [1.54, 1.807) is 6.92 Å². The fourth-order valence-corrected chi connectivity index (χ4v) is 4.21. The molecule has 1 saturated carbocycles. The van der Waals surface area contributed by atoms with Crippen LogP contribution in [0.3, 0.4) is 0 Å². The number of nitrogens with one attached hydrogen (secondary N) is 2. The van der Waals surface area contributed by atoms with E-state index in [1.165, 1.54) is 19.1 Å². The minimum Gasteiger partial charge on any atom is -0.352 e. The minimum atomic E-state index is -4.54. The molecule has 2 N–H and O–H groups in total. The van der Waals surface area contributed by atoms with E-state index in [0.29, 0.717) is 43.1 Å². The van der Waals surface area contributed by atoms with E-state index in [2.05, 4.69) is 26.5 Å². The summed E-state index contributed by atoms with van der Waals surface area (Å²) in [6.07, 6.45) is 1.21. The fraction of sp³-hybridized carbons (Fsp3) is 0.480. The van der Waals surface area contributed by atoms with Gasteiger partial charge >= 0.3 is 6.18 Å². The molecule has 1 saturated heterocycles. The zero-order chi connectivity index (χ0) is 26.1. The predicted molar refractivity (Wildman–Crippen MR) is 123 cm³/mol. The van der Waals surface area contributed by atoms with Crippen molar-refractivity contribution in [2.24, 2.45) is 0 Å². The van der Waals surface area contributed by atoms with Crippen LogP contribution in [0, 0.1) is 26.2 Å². The number of amides is 1. The molecule has 2 fully saturated rings. The number of carbonyl (C=O) groups is 1. The van der Waals surface area contributed by atoms with Crippen molar-refractivity contribution in [3.63, 3.8) is 0 Å². The molecule has 2 heterocycles. The number of carbonyl (C=O) groups excluding carboxylic acids is 1. The lowest BCUT2D eigenvalue weighted by atomic mass is 9.96. The van der Waals surface area contributed by atoms with E-state index in [9.17, 15) is 22.4 Å². The first-order valence-electron chi connectivity index (χ1n) is 11.4. The number of nitrogens with zero attached hydrogens (tertiary/aromatic N) is 2. The van der Waals surface area contributed by atoms with Crippen molar-refractivity contribution >= 4 is 11.7 Å². The number of hydrogen-bond donors (Lipinski definition) is 2. The second-order valence-electron chi connectivity index (χ2n) is 8.95. The molecule has 1 aromatic heterocycles. The predicted octanol–water partition coefficient (Wildman–Crippen LogP) is 4.10. The lowest BCUT2D eigenvalue weighted by Crippen LogP contribution is -2.39. The average Bonchev–Trinajstić information content (AvgIpc) is 3.37. The number of rotatable bonds is 8. The highest BCUT2D eigenvalue weighted by atomic mass is 19.4. The van der Waals surface area contributed by atoms with Crippen molar-refractivity contribution in [1.82, 2.24) is 15.3 Å². The van der Waals surface area contributed by atoms with Crippen molar-refractivity contribution < 1.29 is 31.8 Å². The Kier molecular flexibility index (Phi) is 7.20. The summed E-state index contributed by atoms with van der Waals surface area (Å²) >= 11 is 0. The maximum atomic E-state index is 13.5. The quantitative estimate of drug-likeness (QED) is 0.414. The van der Waals surface area contributed by atoms with Gasteiger partial charge in [0.1, 0.15) is 24.4 Å². The third-order valence-corrected chi connectivity index (χ3v) is 6.28. The fourth-order valence-electron chi connectivity index (χ4n) is 4.21. The van der Waals surface area contributed by atoms with Gasteiger partial charge in [0.05, 0.1) is 42.0 Å². The van der Waals surface area contributed by atoms with E-state index >= 15 is 0 Å². The third-order valence-electron chi connectivity index (χ3n) is 6.28. The molecular formula is C25H26F4N4O3. The van der Waals surface area contributed by atoms with E-state index in [1.807, 2.05) is 0 Å². The molecule has 1 unspecified atom stereocenters. The van der Waals surface area contributed by atoms with Crippen LogP contribution in [0.4, 0.5) is 23.4 Å². The van der Waals surface area contributed by atoms with Crippen LogP contribution in [0.5, 0.6) is 0 Å². The number of anilines is 1. The number of benzene rings is 1. The van der Waals surface area contributed by atoms with Crippen LogP contribution in [0.25, 0.3) is 0 Å². The Morgan fingerprint density at radius 1 is 1.25 bits per heavy atom. The minimum absolute atomic E-state index is 0.0123. The summed E-state index contributed by atoms with van der Waals surface area (Å²) in [5.74, 6) is 2.55. The molecule has 36 heavy (non-hydrogen) atoms. The van der Waals surface area contributed by atoms with Gasteiger partial charge in [0.25, 0.3) is 0 Å². The third kappa shape index (κ3) is 5.44. The molecule has 1 aliphatic carbocycles. The zero-order valence-electron chi connectivity index (χ0n) is 19.8. The van der Waals surface area contributed by atoms with Crippen LogP contribution >= 0.6 is 0 Å². The van der Waals surface area contributed by atoms with Crippen LogP contribution in [0.15, 0.2) is 18.2 Å². The molecule has 1 atom stereocenters. The highest BCUT2D eigenvalue weighted by Crippen LogP contribution is 2.38. The SMILES string of the molecule is C#CC(Nc1nc(C)nc(CC(=O)NC2(CF)CC2)c1C1OCCO1)c1cccc(C(F)(F)F)c1C. The first-order valence-corrected chi connectivity index (χ1v) is 11.4. The van der Waals surface area contributed by atoms with Gasteiger partial charge in [-0.1, -0.05) is 18.1 Å². The van der Waals surface area contributed by atoms with Crippen LogP contribution in [-0.4, -0.2) is 41.3 Å². The summed E-state index contributed by atoms with van der Waals surface area (Å²) in [6, 6.07) is 2.82. The molecule has 0 spiro atoms. The number of terminal acetylenes is 1. The molecule has 192 valence electrons. The van der Waals surface area contributed by atoms with E-state index < -0.39 is 42.2 Å². The van der Waals surface area contributed by atoms with Gasteiger partial charge in [0.2, 0.25) is 5.91 Å². The average molecular weight is 507 g/mol. The Morgan fingerprint density at radius 2 is 1.94 bits per heavy atom. The molecule has 1 amide bonds. The second-order valence-corrected chi connectivity index (χ2v) is 8.95. The molecule has 1 aliphatic heterocycles. The van der Waals surface area contributed by atoms with Gasteiger partial charge in [-0.25, -0.2) is 14.4 Å². The number of alkyl halides is 4. The Bertz CT molecular complexity index is 1190. The van der Waals surface area contributed by atoms with Gasteiger partial charge in [0.15, 0.2) is 6.29 Å². The Labute approximate surface area is 206 Å². The monoisotopic (exact) mass is 506 g/mol. The molecule has 0 bridgehead atoms. The molecule has 2 aromatic rings.